The molecule has 0 fully saturated rings. The lowest BCUT2D eigenvalue weighted by Crippen LogP contribution is -2.35. The fourth-order valence-corrected chi connectivity index (χ4v) is 4.95. The highest BCUT2D eigenvalue weighted by Crippen LogP contribution is 2.13. The van der Waals surface area contributed by atoms with Gasteiger partial charge in [0.2, 0.25) is 13.6 Å². The summed E-state index contributed by atoms with van der Waals surface area (Å²) in [6.45, 7) is 13.7. The van der Waals surface area contributed by atoms with Crippen molar-refractivity contribution in [2.75, 3.05) is 56.9 Å². The molecule has 24 nitrogen and oxygen atoms in total. The minimum absolute atomic E-state index is 0.0370. The quantitative estimate of drug-likeness (QED) is 0.0736. The number of hydrogen-bond donors (Lipinski definition) is 2. The number of esters is 4. The molecule has 3 atom stereocenters. The zero-order valence-corrected chi connectivity index (χ0v) is 37.9. The molecule has 0 aromatic carbocycles. The number of hydrogen-bond acceptors (Lipinski definition) is 24. The van der Waals surface area contributed by atoms with E-state index in [-0.39, 0.29) is 97.6 Å². The van der Waals surface area contributed by atoms with E-state index in [0.29, 0.717) is 24.3 Å². The topological polar surface area (TPSA) is 363 Å². The van der Waals surface area contributed by atoms with Gasteiger partial charge in [-0.15, -0.1) is 0 Å². The number of amides is 4. The highest BCUT2D eigenvalue weighted by atomic mass is 32.2. The molecule has 0 radical (unpaired) electrons. The monoisotopic (exact) mass is 951 g/mol. The Hall–Kier alpha value is -6.48. The van der Waals surface area contributed by atoms with Crippen molar-refractivity contribution in [3.8, 4) is 0 Å². The normalized spacial score (nSPS) is 12.3. The van der Waals surface area contributed by atoms with E-state index in [4.69, 9.17) is 63.4 Å². The molecule has 2 aliphatic heterocycles. The molecule has 358 valence electrons. The highest BCUT2D eigenvalue weighted by molar-refractivity contribution is 7.99. The van der Waals surface area contributed by atoms with E-state index in [1.54, 1.807) is 44.3 Å². The second-order valence-corrected chi connectivity index (χ2v) is 13.8. The van der Waals surface area contributed by atoms with Crippen LogP contribution in [0, 0.1) is 17.8 Å². The van der Waals surface area contributed by atoms with E-state index in [1.807, 2.05) is 13.8 Å². The number of carbonyl (C=O) groups is 8. The number of aliphatic hydroxyl groups is 1. The number of nitrogens with zero attached hydrogens (tertiary/aromatic N) is 2. The van der Waals surface area contributed by atoms with E-state index in [9.17, 15) is 38.4 Å². The summed E-state index contributed by atoms with van der Waals surface area (Å²) in [5.41, 5.74) is 5.34. The Bertz CT molecular complexity index is 1560. The first-order valence-corrected chi connectivity index (χ1v) is 20.2. The van der Waals surface area contributed by atoms with Crippen LogP contribution in [-0.4, -0.2) is 144 Å². The fourth-order valence-electron chi connectivity index (χ4n) is 3.50. The third kappa shape index (κ3) is 40.9. The predicted octanol–water partition coefficient (Wildman–Crippen LogP) is -0.141. The maximum absolute atomic E-state index is 11.8. The Morgan fingerprint density at radius 2 is 0.922 bits per heavy atom. The van der Waals surface area contributed by atoms with Gasteiger partial charge in [-0.25, -0.2) is 4.79 Å². The van der Waals surface area contributed by atoms with Crippen LogP contribution in [0.2, 0.25) is 0 Å². The molecule has 0 aromatic rings. The number of aliphatic hydroxyl groups excluding tert-OH is 1. The van der Waals surface area contributed by atoms with Crippen LogP contribution in [0.1, 0.15) is 54.4 Å². The molecule has 4 amide bonds. The van der Waals surface area contributed by atoms with Gasteiger partial charge in [0.15, 0.2) is 0 Å². The lowest BCUT2D eigenvalue weighted by Gasteiger charge is -2.16. The molecule has 2 aliphatic rings. The second-order valence-electron chi connectivity index (χ2n) is 11.1. The molecule has 3 unspecified atom stereocenters. The second kappa shape index (κ2) is 49.2. The van der Waals surface area contributed by atoms with Gasteiger partial charge in [0.1, 0.15) is 0 Å². The maximum atomic E-state index is 11.8. The Labute approximate surface area is 376 Å². The van der Waals surface area contributed by atoms with Gasteiger partial charge in [-0.3, -0.25) is 43.4 Å². The third-order valence-electron chi connectivity index (χ3n) is 6.50. The standard InChI is InChI=1S/C17H25NO6S.C11H18O4S.C5H6N2O2.4CO2.CH4O/c1-4-25-10-13(3)17(22)24-11-23-16(21)12(2)6-5-9-18-14(19)7-8-15(18)20;1-5-16-6-9(4)11(13)15-7-14-10(12)8(2)3;6-3-7-4(8)1-2-5(7)9;4*2-1-3;1-2/h7-8,12-13H,4-6,9-11H2,1-3H3;9H,2,5-7H2,1,3-4H3;1-2H,3,6H2;;;;;2H,1H3. The maximum Gasteiger partial charge on any atom is 0.373 e. The molecule has 0 spiro atoms. The van der Waals surface area contributed by atoms with Crippen molar-refractivity contribution in [2.24, 2.45) is 23.5 Å². The first kappa shape index (κ1) is 69.2. The van der Waals surface area contributed by atoms with Crippen LogP contribution in [0.4, 0.5) is 0 Å². The van der Waals surface area contributed by atoms with E-state index in [0.717, 1.165) is 28.4 Å². The summed E-state index contributed by atoms with van der Waals surface area (Å²) >= 11 is 3.31. The Balaban J connectivity index is -0.000000183. The predicted molar refractivity (Wildman–Crippen MR) is 216 cm³/mol. The summed E-state index contributed by atoms with van der Waals surface area (Å²) in [7, 11) is 1.00. The van der Waals surface area contributed by atoms with Gasteiger partial charge in [0, 0.05) is 55.0 Å². The van der Waals surface area contributed by atoms with Crippen LogP contribution in [0.3, 0.4) is 0 Å². The molecule has 0 saturated carbocycles. The molecule has 26 heteroatoms. The first-order chi connectivity index (χ1) is 30.3. The summed E-state index contributed by atoms with van der Waals surface area (Å²) in [4.78, 5) is 157. The summed E-state index contributed by atoms with van der Waals surface area (Å²) < 4.78 is 19.3. The minimum Gasteiger partial charge on any atom is -0.428 e. The van der Waals surface area contributed by atoms with Crippen molar-refractivity contribution >= 4 is 95.6 Å². The minimum atomic E-state index is -0.552. The Morgan fingerprint density at radius 1 is 0.625 bits per heavy atom. The molecule has 2 rings (SSSR count). The Morgan fingerprint density at radius 3 is 1.20 bits per heavy atom. The lowest BCUT2D eigenvalue weighted by atomic mass is 10.1. The average molecular weight is 952 g/mol. The first-order valence-electron chi connectivity index (χ1n) is 17.9. The van der Waals surface area contributed by atoms with Crippen LogP contribution in [0.5, 0.6) is 0 Å². The van der Waals surface area contributed by atoms with E-state index < -0.39 is 24.6 Å². The van der Waals surface area contributed by atoms with Gasteiger partial charge in [-0.05, 0) is 31.3 Å². The molecule has 0 bridgehead atoms. The summed E-state index contributed by atoms with van der Waals surface area (Å²) in [6, 6.07) is 0. The van der Waals surface area contributed by atoms with Crippen molar-refractivity contribution in [2.45, 2.75) is 54.4 Å². The number of ether oxygens (including phenoxy) is 4. The van der Waals surface area contributed by atoms with Gasteiger partial charge >= 0.3 is 48.5 Å². The van der Waals surface area contributed by atoms with Crippen LogP contribution in [-0.2, 0) is 95.7 Å². The SMILES string of the molecule is C=C(C)C(=O)OCOC(=O)C(C)CSCC.CCSCC(C)C(=O)OCOC(=O)C(C)CCCN1C(=O)C=CC1=O.CO.NCN1C(=O)C=CC1=O.O=C=O.O=C=O.O=C=O.O=C=O. The molecule has 0 aliphatic carbocycles. The van der Waals surface area contributed by atoms with Gasteiger partial charge in [-0.1, -0.05) is 41.2 Å². The van der Waals surface area contributed by atoms with E-state index in [2.05, 4.69) is 11.3 Å². The number of carbonyl (C=O) groups excluding carboxylic acids is 16. The molecule has 2 heterocycles. The zero-order valence-electron chi connectivity index (χ0n) is 36.2. The van der Waals surface area contributed by atoms with Crippen molar-refractivity contribution in [3.05, 3.63) is 36.5 Å². The van der Waals surface area contributed by atoms with Crippen LogP contribution in [0.15, 0.2) is 36.5 Å². The molecular weight excluding hydrogens is 899 g/mol. The number of nitrogens with two attached hydrogens (primary N) is 1. The van der Waals surface area contributed by atoms with Crippen molar-refractivity contribution in [1.29, 1.82) is 0 Å². The van der Waals surface area contributed by atoms with Crippen molar-refractivity contribution in [3.63, 3.8) is 0 Å². The van der Waals surface area contributed by atoms with Crippen LogP contribution in [0.25, 0.3) is 0 Å². The number of imide groups is 2. The zero-order chi connectivity index (χ0) is 51.1. The molecule has 64 heavy (non-hydrogen) atoms. The smallest absolute Gasteiger partial charge is 0.373 e. The summed E-state index contributed by atoms with van der Waals surface area (Å²) in [5, 5.41) is 7.00. The molecule has 0 saturated heterocycles. The fraction of sp³-hybridized carbons (Fsp3) is 0.526. The average Bonchev–Trinajstić information content (AvgIpc) is 3.77. The van der Waals surface area contributed by atoms with Gasteiger partial charge in [0.25, 0.3) is 23.6 Å². The highest BCUT2D eigenvalue weighted by Gasteiger charge is 2.24. The van der Waals surface area contributed by atoms with Crippen molar-refractivity contribution in [1.82, 2.24) is 9.80 Å². The number of thioether (sulfide) groups is 2. The van der Waals surface area contributed by atoms with Crippen LogP contribution >= 0.6 is 23.5 Å². The largest absolute Gasteiger partial charge is 0.428 e. The van der Waals surface area contributed by atoms with Gasteiger partial charge < -0.3 is 29.8 Å². The molecule has 3 N–H and O–H groups in total. The van der Waals surface area contributed by atoms with Crippen molar-refractivity contribution < 1.29 is 101 Å². The van der Waals surface area contributed by atoms with E-state index in [1.165, 1.54) is 31.2 Å². The lowest BCUT2D eigenvalue weighted by molar-refractivity contribution is -0.193. The van der Waals surface area contributed by atoms with E-state index >= 15 is 0 Å². The Kier molecular flexibility index (Phi) is 53.2. The summed E-state index contributed by atoms with van der Waals surface area (Å²) in [6.07, 6.45) is 6.83. The molecule has 0 aromatic heterocycles. The van der Waals surface area contributed by atoms with Crippen LogP contribution < -0.4 is 5.73 Å². The van der Waals surface area contributed by atoms with Gasteiger partial charge in [0.05, 0.1) is 24.4 Å². The number of rotatable bonds is 19. The third-order valence-corrected chi connectivity index (χ3v) is 8.78. The molecular formula is C38H53N3O21S2. The summed E-state index contributed by atoms with van der Waals surface area (Å²) in [5.74, 6) is -0.663. The van der Waals surface area contributed by atoms with Gasteiger partial charge in [-0.2, -0.15) is 61.9 Å².